The van der Waals surface area contributed by atoms with Gasteiger partial charge in [-0.15, -0.1) is 0 Å². The van der Waals surface area contributed by atoms with Crippen molar-refractivity contribution in [1.82, 2.24) is 5.32 Å². The van der Waals surface area contributed by atoms with Crippen LogP contribution in [0.4, 0.5) is 0 Å². The highest BCUT2D eigenvalue weighted by molar-refractivity contribution is 9.10. The first-order chi connectivity index (χ1) is 8.33. The van der Waals surface area contributed by atoms with Crippen molar-refractivity contribution in [2.45, 2.75) is 51.0 Å². The molecule has 1 heterocycles. The third-order valence-corrected chi connectivity index (χ3v) is 4.51. The predicted octanol–water partition coefficient (Wildman–Crippen LogP) is 4.66. The minimum atomic E-state index is 0.359. The van der Waals surface area contributed by atoms with Crippen LogP contribution in [0.5, 0.6) is 0 Å². The molecule has 0 amide bonds. The van der Waals surface area contributed by atoms with Crippen LogP contribution in [0.2, 0.25) is 0 Å². The second-order valence-corrected chi connectivity index (χ2v) is 5.86. The maximum absolute atomic E-state index is 5.63. The normalized spacial score (nSPS) is 20.8. The van der Waals surface area contributed by atoms with Crippen LogP contribution in [-0.4, -0.2) is 7.05 Å². The molecule has 1 unspecified atom stereocenters. The summed E-state index contributed by atoms with van der Waals surface area (Å²) < 4.78 is 6.73. The molecule has 1 fully saturated rings. The van der Waals surface area contributed by atoms with Gasteiger partial charge in [0.05, 0.1) is 16.8 Å². The molecule has 17 heavy (non-hydrogen) atoms. The zero-order valence-electron chi connectivity index (χ0n) is 10.5. The van der Waals surface area contributed by atoms with Crippen molar-refractivity contribution in [2.75, 3.05) is 7.05 Å². The first-order valence-electron chi connectivity index (χ1n) is 6.73. The molecule has 0 radical (unpaired) electrons. The fourth-order valence-corrected chi connectivity index (χ4v) is 3.38. The van der Waals surface area contributed by atoms with Crippen molar-refractivity contribution in [3.8, 4) is 0 Å². The molecule has 2 rings (SSSR count). The maximum Gasteiger partial charge on any atom is 0.135 e. The highest BCUT2D eigenvalue weighted by atomic mass is 79.9. The van der Waals surface area contributed by atoms with Gasteiger partial charge in [-0.25, -0.2) is 0 Å². The third kappa shape index (κ3) is 3.35. The highest BCUT2D eigenvalue weighted by Crippen LogP contribution is 2.36. The lowest BCUT2D eigenvalue weighted by molar-refractivity contribution is 0.267. The van der Waals surface area contributed by atoms with E-state index in [9.17, 15) is 0 Å². The van der Waals surface area contributed by atoms with Crippen molar-refractivity contribution in [3.05, 3.63) is 22.6 Å². The van der Waals surface area contributed by atoms with E-state index < -0.39 is 0 Å². The van der Waals surface area contributed by atoms with Gasteiger partial charge in [0.15, 0.2) is 0 Å². The SMILES string of the molecule is CNC(c1occc1Br)C1CCCCCCC1. The van der Waals surface area contributed by atoms with Crippen LogP contribution in [-0.2, 0) is 0 Å². The summed E-state index contributed by atoms with van der Waals surface area (Å²) in [5.74, 6) is 1.78. The topological polar surface area (TPSA) is 25.2 Å². The molecule has 0 aromatic carbocycles. The highest BCUT2D eigenvalue weighted by Gasteiger charge is 2.26. The number of halogens is 1. The molecular formula is C14H22BrNO. The van der Waals surface area contributed by atoms with Crippen LogP contribution in [0.15, 0.2) is 21.2 Å². The van der Waals surface area contributed by atoms with Crippen LogP contribution >= 0.6 is 15.9 Å². The molecule has 1 aromatic heterocycles. The van der Waals surface area contributed by atoms with Crippen LogP contribution in [0.25, 0.3) is 0 Å². The summed E-state index contributed by atoms with van der Waals surface area (Å²) >= 11 is 3.58. The Morgan fingerprint density at radius 3 is 2.41 bits per heavy atom. The fourth-order valence-electron chi connectivity index (χ4n) is 2.93. The van der Waals surface area contributed by atoms with Gasteiger partial charge in [0, 0.05) is 0 Å². The summed E-state index contributed by atoms with van der Waals surface area (Å²) in [6.07, 6.45) is 11.3. The summed E-state index contributed by atoms with van der Waals surface area (Å²) in [4.78, 5) is 0. The number of rotatable bonds is 3. The van der Waals surface area contributed by atoms with Crippen molar-refractivity contribution >= 4 is 15.9 Å². The molecule has 1 aliphatic carbocycles. The number of hydrogen-bond acceptors (Lipinski definition) is 2. The zero-order valence-corrected chi connectivity index (χ0v) is 12.1. The summed E-state index contributed by atoms with van der Waals surface area (Å²) in [7, 11) is 2.04. The molecule has 1 atom stereocenters. The lowest BCUT2D eigenvalue weighted by Gasteiger charge is -2.27. The van der Waals surface area contributed by atoms with E-state index in [0.717, 1.165) is 10.2 Å². The molecule has 1 N–H and O–H groups in total. The van der Waals surface area contributed by atoms with E-state index in [1.165, 1.54) is 44.9 Å². The van der Waals surface area contributed by atoms with Gasteiger partial charge in [0.2, 0.25) is 0 Å². The van der Waals surface area contributed by atoms with E-state index in [-0.39, 0.29) is 0 Å². The Hall–Kier alpha value is -0.280. The molecule has 96 valence electrons. The largest absolute Gasteiger partial charge is 0.466 e. The summed E-state index contributed by atoms with van der Waals surface area (Å²) in [6, 6.07) is 2.35. The first-order valence-corrected chi connectivity index (χ1v) is 7.52. The van der Waals surface area contributed by atoms with Gasteiger partial charge in [-0.2, -0.15) is 0 Å². The fraction of sp³-hybridized carbons (Fsp3) is 0.714. The molecule has 0 spiro atoms. The lowest BCUT2D eigenvalue weighted by atomic mass is 9.85. The first kappa shape index (κ1) is 13.2. The van der Waals surface area contributed by atoms with E-state index in [1.54, 1.807) is 6.26 Å². The van der Waals surface area contributed by atoms with E-state index in [4.69, 9.17) is 4.42 Å². The van der Waals surface area contributed by atoms with Gasteiger partial charge >= 0.3 is 0 Å². The predicted molar refractivity (Wildman–Crippen MR) is 74.0 cm³/mol. The Morgan fingerprint density at radius 1 is 1.24 bits per heavy atom. The van der Waals surface area contributed by atoms with Crippen molar-refractivity contribution in [3.63, 3.8) is 0 Å². The average Bonchev–Trinajstić information content (AvgIpc) is 2.69. The Bertz CT molecular complexity index is 329. The molecule has 1 aliphatic rings. The Labute approximate surface area is 112 Å². The molecule has 2 nitrogen and oxygen atoms in total. The quantitative estimate of drug-likeness (QED) is 0.878. The third-order valence-electron chi connectivity index (χ3n) is 3.86. The van der Waals surface area contributed by atoms with Crippen LogP contribution in [0.3, 0.4) is 0 Å². The minimum Gasteiger partial charge on any atom is -0.466 e. The van der Waals surface area contributed by atoms with E-state index in [2.05, 4.69) is 21.2 Å². The van der Waals surface area contributed by atoms with Gasteiger partial charge < -0.3 is 9.73 Å². The van der Waals surface area contributed by atoms with Crippen molar-refractivity contribution in [2.24, 2.45) is 5.92 Å². The lowest BCUT2D eigenvalue weighted by Crippen LogP contribution is -2.26. The second-order valence-electron chi connectivity index (χ2n) is 5.00. The number of furan rings is 1. The van der Waals surface area contributed by atoms with E-state index >= 15 is 0 Å². The average molecular weight is 300 g/mol. The van der Waals surface area contributed by atoms with Crippen LogP contribution in [0.1, 0.15) is 56.7 Å². The van der Waals surface area contributed by atoms with Gasteiger partial charge in [-0.1, -0.05) is 32.1 Å². The zero-order chi connectivity index (χ0) is 12.1. The maximum atomic E-state index is 5.63. The standard InChI is InChI=1S/C14H22BrNO/c1-16-13(14-12(15)9-10-17-14)11-7-5-3-2-4-6-8-11/h9-11,13,16H,2-8H2,1H3. The van der Waals surface area contributed by atoms with E-state index in [1.807, 2.05) is 13.1 Å². The molecule has 0 saturated heterocycles. The van der Waals surface area contributed by atoms with Gasteiger partial charge in [-0.05, 0) is 47.8 Å². The summed E-state index contributed by atoms with van der Waals surface area (Å²) in [5, 5.41) is 3.44. The Kier molecular flexibility index (Phi) is 5.11. The van der Waals surface area contributed by atoms with Crippen molar-refractivity contribution in [1.29, 1.82) is 0 Å². The molecule has 0 aliphatic heterocycles. The monoisotopic (exact) mass is 299 g/mol. The molecule has 0 bridgehead atoms. The number of hydrogen-bond donors (Lipinski definition) is 1. The number of nitrogens with one attached hydrogen (secondary N) is 1. The molecule has 1 saturated carbocycles. The second kappa shape index (κ2) is 6.60. The Morgan fingerprint density at radius 2 is 1.88 bits per heavy atom. The smallest absolute Gasteiger partial charge is 0.135 e. The van der Waals surface area contributed by atoms with Gasteiger partial charge in [0.25, 0.3) is 0 Å². The van der Waals surface area contributed by atoms with Crippen LogP contribution < -0.4 is 5.32 Å². The van der Waals surface area contributed by atoms with Gasteiger partial charge in [0.1, 0.15) is 5.76 Å². The van der Waals surface area contributed by atoms with Crippen LogP contribution in [0, 0.1) is 5.92 Å². The molecular weight excluding hydrogens is 278 g/mol. The van der Waals surface area contributed by atoms with E-state index in [0.29, 0.717) is 12.0 Å². The molecule has 1 aromatic rings. The Balaban J connectivity index is 2.08. The molecule has 3 heteroatoms. The minimum absolute atomic E-state index is 0.359. The van der Waals surface area contributed by atoms with Crippen molar-refractivity contribution < 1.29 is 4.42 Å². The van der Waals surface area contributed by atoms with Gasteiger partial charge in [-0.3, -0.25) is 0 Å². The summed E-state index contributed by atoms with van der Waals surface area (Å²) in [6.45, 7) is 0. The summed E-state index contributed by atoms with van der Waals surface area (Å²) in [5.41, 5.74) is 0.